The van der Waals surface area contributed by atoms with E-state index in [1.165, 1.54) is 0 Å². The highest BCUT2D eigenvalue weighted by Gasteiger charge is 2.60. The Kier molecular flexibility index (Phi) is 1.95. The van der Waals surface area contributed by atoms with Crippen LogP contribution in [0.4, 0.5) is 0 Å². The lowest BCUT2D eigenvalue weighted by Gasteiger charge is -2.23. The molecule has 2 atom stereocenters. The average molecular weight is 172 g/mol. The summed E-state index contributed by atoms with van der Waals surface area (Å²) in [6.45, 7) is 5.69. The number of hydrogen-bond donors (Lipinski definition) is 2. The lowest BCUT2D eigenvalue weighted by molar-refractivity contribution is -0.162. The maximum atomic E-state index is 10.8. The summed E-state index contributed by atoms with van der Waals surface area (Å²) in [6, 6.07) is 0. The predicted octanol–water partition coefficient (Wildman–Crippen LogP) is 1.26. The van der Waals surface area contributed by atoms with Crippen LogP contribution in [-0.4, -0.2) is 21.8 Å². The van der Waals surface area contributed by atoms with Gasteiger partial charge in [0.2, 0.25) is 0 Å². The minimum Gasteiger partial charge on any atom is -0.479 e. The topological polar surface area (TPSA) is 57.5 Å². The maximum Gasteiger partial charge on any atom is 0.335 e. The lowest BCUT2D eigenvalue weighted by atomic mass is 9.90. The molecule has 1 fully saturated rings. The summed E-state index contributed by atoms with van der Waals surface area (Å²) in [4.78, 5) is 10.8. The number of carbonyl (C=O) groups is 1. The predicted molar refractivity (Wildman–Crippen MR) is 44.8 cm³/mol. The van der Waals surface area contributed by atoms with Crippen molar-refractivity contribution in [3.05, 3.63) is 0 Å². The summed E-state index contributed by atoms with van der Waals surface area (Å²) in [5.41, 5.74) is -1.49. The molecular formula is C9H16O3. The Morgan fingerprint density at radius 2 is 2.08 bits per heavy atom. The number of carboxylic acids is 1. The zero-order valence-corrected chi connectivity index (χ0v) is 7.79. The molecule has 0 bridgehead atoms. The van der Waals surface area contributed by atoms with Crippen LogP contribution in [0.15, 0.2) is 0 Å². The molecule has 1 aliphatic rings. The van der Waals surface area contributed by atoms with Crippen molar-refractivity contribution < 1.29 is 15.0 Å². The van der Waals surface area contributed by atoms with Crippen LogP contribution in [-0.2, 0) is 4.79 Å². The van der Waals surface area contributed by atoms with E-state index in [9.17, 15) is 9.90 Å². The fraction of sp³-hybridized carbons (Fsp3) is 0.889. The average Bonchev–Trinajstić information content (AvgIpc) is 2.58. The molecular weight excluding hydrogens is 156 g/mol. The van der Waals surface area contributed by atoms with Gasteiger partial charge in [-0.3, -0.25) is 0 Å². The van der Waals surface area contributed by atoms with Gasteiger partial charge < -0.3 is 10.2 Å². The van der Waals surface area contributed by atoms with E-state index in [0.29, 0.717) is 0 Å². The van der Waals surface area contributed by atoms with Gasteiger partial charge in [0.25, 0.3) is 0 Å². The zero-order valence-electron chi connectivity index (χ0n) is 7.79. The molecule has 3 nitrogen and oxygen atoms in total. The zero-order chi connectivity index (χ0) is 9.57. The van der Waals surface area contributed by atoms with Gasteiger partial charge >= 0.3 is 5.97 Å². The molecule has 0 spiro atoms. The van der Waals surface area contributed by atoms with Crippen LogP contribution in [0.5, 0.6) is 0 Å². The minimum absolute atomic E-state index is 0.00313. The van der Waals surface area contributed by atoms with E-state index in [0.717, 1.165) is 6.42 Å². The molecule has 70 valence electrons. The Labute approximate surface area is 72.4 Å². The van der Waals surface area contributed by atoms with E-state index >= 15 is 0 Å². The molecule has 12 heavy (non-hydrogen) atoms. The van der Waals surface area contributed by atoms with Crippen LogP contribution < -0.4 is 0 Å². The highest BCUT2D eigenvalue weighted by Crippen LogP contribution is 2.58. The van der Waals surface area contributed by atoms with Gasteiger partial charge in [-0.15, -0.1) is 0 Å². The van der Waals surface area contributed by atoms with Crippen molar-refractivity contribution in [2.75, 3.05) is 0 Å². The SMILES string of the molecule is CCC(O)(C(=O)O)C1CC1(C)C. The Morgan fingerprint density at radius 3 is 2.17 bits per heavy atom. The van der Waals surface area contributed by atoms with Crippen LogP contribution in [0.2, 0.25) is 0 Å². The number of rotatable bonds is 3. The quantitative estimate of drug-likeness (QED) is 0.673. The summed E-state index contributed by atoms with van der Waals surface area (Å²) in [7, 11) is 0. The molecule has 0 heterocycles. The van der Waals surface area contributed by atoms with Crippen LogP contribution in [0.3, 0.4) is 0 Å². The van der Waals surface area contributed by atoms with Crippen molar-refractivity contribution in [2.45, 2.75) is 39.2 Å². The van der Waals surface area contributed by atoms with Gasteiger partial charge in [-0.25, -0.2) is 4.79 Å². The Hall–Kier alpha value is -0.570. The molecule has 0 radical (unpaired) electrons. The highest BCUT2D eigenvalue weighted by molar-refractivity contribution is 5.78. The summed E-state index contributed by atoms with van der Waals surface area (Å²) >= 11 is 0. The minimum atomic E-state index is -1.50. The molecule has 0 saturated heterocycles. The van der Waals surface area contributed by atoms with Crippen molar-refractivity contribution in [1.29, 1.82) is 0 Å². The van der Waals surface area contributed by atoms with Crippen molar-refractivity contribution in [1.82, 2.24) is 0 Å². The van der Waals surface area contributed by atoms with Gasteiger partial charge in [0, 0.05) is 5.92 Å². The third-order valence-electron chi connectivity index (χ3n) is 3.00. The third-order valence-corrected chi connectivity index (χ3v) is 3.00. The standard InChI is InChI=1S/C9H16O3/c1-4-9(12,7(10)11)6-5-8(6,2)3/h6,12H,4-5H2,1-3H3,(H,10,11). The van der Waals surface area contributed by atoms with E-state index in [1.807, 2.05) is 13.8 Å². The van der Waals surface area contributed by atoms with Gasteiger partial charge in [-0.1, -0.05) is 20.8 Å². The van der Waals surface area contributed by atoms with Crippen LogP contribution in [0, 0.1) is 11.3 Å². The molecule has 2 N–H and O–H groups in total. The van der Waals surface area contributed by atoms with Gasteiger partial charge in [-0.05, 0) is 18.3 Å². The molecule has 0 aromatic carbocycles. The van der Waals surface area contributed by atoms with Gasteiger partial charge in [0.05, 0.1) is 0 Å². The first kappa shape index (κ1) is 9.52. The summed E-state index contributed by atoms with van der Waals surface area (Å²) < 4.78 is 0. The Bertz CT molecular complexity index is 210. The molecule has 0 aromatic heterocycles. The van der Waals surface area contributed by atoms with Crippen LogP contribution in [0.25, 0.3) is 0 Å². The summed E-state index contributed by atoms with van der Waals surface area (Å²) in [5.74, 6) is -1.16. The van der Waals surface area contributed by atoms with Crippen LogP contribution >= 0.6 is 0 Å². The van der Waals surface area contributed by atoms with Crippen LogP contribution in [0.1, 0.15) is 33.6 Å². The second-order valence-corrected chi connectivity index (χ2v) is 4.33. The number of hydrogen-bond acceptors (Lipinski definition) is 2. The fourth-order valence-corrected chi connectivity index (χ4v) is 1.83. The molecule has 0 aromatic rings. The van der Waals surface area contributed by atoms with E-state index in [2.05, 4.69) is 0 Å². The molecule has 0 aliphatic heterocycles. The molecule has 2 unspecified atom stereocenters. The summed E-state index contributed by atoms with van der Waals surface area (Å²) in [6.07, 6.45) is 1.10. The first-order valence-corrected chi connectivity index (χ1v) is 4.30. The first-order valence-electron chi connectivity index (χ1n) is 4.30. The first-order chi connectivity index (χ1) is 5.34. The van der Waals surface area contributed by atoms with Gasteiger partial charge in [-0.2, -0.15) is 0 Å². The second-order valence-electron chi connectivity index (χ2n) is 4.33. The lowest BCUT2D eigenvalue weighted by Crippen LogP contribution is -2.41. The van der Waals surface area contributed by atoms with Crippen molar-refractivity contribution in [2.24, 2.45) is 11.3 Å². The fourth-order valence-electron chi connectivity index (χ4n) is 1.83. The highest BCUT2D eigenvalue weighted by atomic mass is 16.4. The normalized spacial score (nSPS) is 30.8. The summed E-state index contributed by atoms with van der Waals surface area (Å²) in [5, 5.41) is 18.6. The number of aliphatic hydroxyl groups is 1. The van der Waals surface area contributed by atoms with Gasteiger partial charge in [0.1, 0.15) is 0 Å². The molecule has 1 saturated carbocycles. The largest absolute Gasteiger partial charge is 0.479 e. The molecule has 3 heteroatoms. The van der Waals surface area contributed by atoms with E-state index in [-0.39, 0.29) is 17.8 Å². The van der Waals surface area contributed by atoms with E-state index in [4.69, 9.17) is 5.11 Å². The molecule has 1 rings (SSSR count). The van der Waals surface area contributed by atoms with E-state index in [1.54, 1.807) is 6.92 Å². The van der Waals surface area contributed by atoms with Gasteiger partial charge in [0.15, 0.2) is 5.60 Å². The monoisotopic (exact) mass is 172 g/mol. The Morgan fingerprint density at radius 1 is 1.67 bits per heavy atom. The van der Waals surface area contributed by atoms with E-state index < -0.39 is 11.6 Å². The second kappa shape index (κ2) is 2.46. The number of aliphatic carboxylic acids is 1. The third kappa shape index (κ3) is 1.22. The van der Waals surface area contributed by atoms with Crippen molar-refractivity contribution in [3.8, 4) is 0 Å². The molecule has 0 amide bonds. The smallest absolute Gasteiger partial charge is 0.335 e. The maximum absolute atomic E-state index is 10.8. The Balaban J connectivity index is 2.77. The molecule has 1 aliphatic carbocycles. The van der Waals surface area contributed by atoms with Crippen molar-refractivity contribution >= 4 is 5.97 Å². The number of carboxylic acid groups (broad SMARTS) is 1. The van der Waals surface area contributed by atoms with Crippen molar-refractivity contribution in [3.63, 3.8) is 0 Å².